The van der Waals surface area contributed by atoms with Crippen LogP contribution in [-0.2, 0) is 9.59 Å². The number of carbonyl (C=O) groups excluding carboxylic acids is 1. The Morgan fingerprint density at radius 2 is 2.17 bits per heavy atom. The summed E-state index contributed by atoms with van der Waals surface area (Å²) in [5.74, 6) is -1.45. The van der Waals surface area contributed by atoms with Gasteiger partial charge in [0, 0.05) is 18.3 Å². The minimum Gasteiger partial charge on any atom is -0.478 e. The van der Waals surface area contributed by atoms with Crippen LogP contribution in [0.4, 0.5) is 5.69 Å². The number of carbonyl (C=O) groups is 2. The van der Waals surface area contributed by atoms with Gasteiger partial charge >= 0.3 is 5.97 Å². The number of aliphatic carboxylic acids is 1. The molecule has 0 unspecified atom stereocenters. The van der Waals surface area contributed by atoms with E-state index in [2.05, 4.69) is 10.3 Å². The van der Waals surface area contributed by atoms with Crippen molar-refractivity contribution in [1.82, 2.24) is 4.98 Å². The molecule has 6 nitrogen and oxygen atoms in total. The summed E-state index contributed by atoms with van der Waals surface area (Å²) in [6, 6.07) is 3.26. The van der Waals surface area contributed by atoms with Crippen LogP contribution in [0.3, 0.4) is 0 Å². The smallest absolute Gasteiger partial charge is 0.328 e. The van der Waals surface area contributed by atoms with Crippen LogP contribution >= 0.6 is 0 Å². The number of anilines is 1. The second-order valence-electron chi connectivity index (χ2n) is 3.68. The molecule has 0 aliphatic heterocycles. The molecule has 0 aliphatic carbocycles. The number of carboxylic acids is 1. The van der Waals surface area contributed by atoms with E-state index in [0.29, 0.717) is 11.6 Å². The zero-order chi connectivity index (χ0) is 13.5. The van der Waals surface area contributed by atoms with Gasteiger partial charge in [-0.1, -0.05) is 0 Å². The minimum absolute atomic E-state index is 0.0786. The number of nitrogens with one attached hydrogen (secondary N) is 1. The lowest BCUT2D eigenvalue weighted by Crippen LogP contribution is -2.13. The molecule has 6 heteroatoms. The van der Waals surface area contributed by atoms with E-state index in [1.54, 1.807) is 18.3 Å². The Kier molecular flexibility index (Phi) is 4.86. The van der Waals surface area contributed by atoms with Gasteiger partial charge in [-0.05, 0) is 26.0 Å². The SMILES string of the molecule is CC(C)Oc1ncccc1NC(=O)C=CC(=O)O. The van der Waals surface area contributed by atoms with Crippen molar-refractivity contribution in [1.29, 1.82) is 0 Å². The van der Waals surface area contributed by atoms with Gasteiger partial charge in [0.2, 0.25) is 11.8 Å². The summed E-state index contributed by atoms with van der Waals surface area (Å²) in [6.45, 7) is 3.68. The number of aromatic nitrogens is 1. The van der Waals surface area contributed by atoms with E-state index in [9.17, 15) is 9.59 Å². The van der Waals surface area contributed by atoms with Crippen molar-refractivity contribution in [3.63, 3.8) is 0 Å². The molecule has 0 aliphatic rings. The molecule has 0 radical (unpaired) electrons. The summed E-state index contributed by atoms with van der Waals surface area (Å²) in [5.41, 5.74) is 0.395. The standard InChI is InChI=1S/C12H14N2O4/c1-8(2)18-12-9(4-3-7-13-12)14-10(15)5-6-11(16)17/h3-8H,1-2H3,(H,14,15)(H,16,17). The molecule has 0 bridgehead atoms. The molecular formula is C12H14N2O4. The first-order valence-corrected chi connectivity index (χ1v) is 5.32. The van der Waals surface area contributed by atoms with Crippen LogP contribution in [0.15, 0.2) is 30.5 Å². The molecule has 0 saturated heterocycles. The van der Waals surface area contributed by atoms with Crippen LogP contribution in [0.2, 0.25) is 0 Å². The highest BCUT2D eigenvalue weighted by Gasteiger charge is 2.08. The second-order valence-corrected chi connectivity index (χ2v) is 3.68. The van der Waals surface area contributed by atoms with E-state index in [4.69, 9.17) is 9.84 Å². The number of hydrogen-bond acceptors (Lipinski definition) is 4. The number of pyridine rings is 1. The first kappa shape index (κ1) is 13.7. The van der Waals surface area contributed by atoms with E-state index >= 15 is 0 Å². The largest absolute Gasteiger partial charge is 0.478 e. The summed E-state index contributed by atoms with van der Waals surface area (Å²) >= 11 is 0. The maximum Gasteiger partial charge on any atom is 0.328 e. The van der Waals surface area contributed by atoms with Crippen LogP contribution < -0.4 is 10.1 Å². The van der Waals surface area contributed by atoms with Crippen LogP contribution in [0.5, 0.6) is 5.88 Å². The molecule has 1 amide bonds. The maximum absolute atomic E-state index is 11.4. The third-order valence-electron chi connectivity index (χ3n) is 1.75. The quantitative estimate of drug-likeness (QED) is 0.772. The monoisotopic (exact) mass is 250 g/mol. The summed E-state index contributed by atoms with van der Waals surface area (Å²) in [7, 11) is 0. The Morgan fingerprint density at radius 1 is 1.44 bits per heavy atom. The van der Waals surface area contributed by atoms with Crippen LogP contribution in [0.1, 0.15) is 13.8 Å². The number of ether oxygens (including phenoxy) is 1. The number of hydrogen-bond donors (Lipinski definition) is 2. The zero-order valence-corrected chi connectivity index (χ0v) is 10.1. The predicted octanol–water partition coefficient (Wildman–Crippen LogP) is 1.45. The van der Waals surface area contributed by atoms with Gasteiger partial charge in [-0.2, -0.15) is 0 Å². The van der Waals surface area contributed by atoms with E-state index in [0.717, 1.165) is 12.2 Å². The Labute approximate surface area is 104 Å². The van der Waals surface area contributed by atoms with Gasteiger partial charge in [0.25, 0.3) is 0 Å². The lowest BCUT2D eigenvalue weighted by atomic mass is 10.3. The number of nitrogens with zero attached hydrogens (tertiary/aromatic N) is 1. The molecule has 0 saturated carbocycles. The van der Waals surface area contributed by atoms with E-state index < -0.39 is 11.9 Å². The topological polar surface area (TPSA) is 88.5 Å². The zero-order valence-electron chi connectivity index (χ0n) is 10.1. The Hall–Kier alpha value is -2.37. The van der Waals surface area contributed by atoms with Gasteiger partial charge in [0.15, 0.2) is 0 Å². The van der Waals surface area contributed by atoms with Gasteiger partial charge in [0.1, 0.15) is 5.69 Å². The molecule has 1 rings (SSSR count). The highest BCUT2D eigenvalue weighted by molar-refractivity contribution is 6.02. The molecule has 0 atom stereocenters. The van der Waals surface area contributed by atoms with Crippen molar-refractivity contribution >= 4 is 17.6 Å². The second kappa shape index (κ2) is 6.39. The molecule has 0 fully saturated rings. The fourth-order valence-corrected chi connectivity index (χ4v) is 1.12. The number of carboxylic acid groups (broad SMARTS) is 1. The Bertz CT molecular complexity index is 469. The molecule has 18 heavy (non-hydrogen) atoms. The van der Waals surface area contributed by atoms with Crippen molar-refractivity contribution in [3.05, 3.63) is 30.5 Å². The van der Waals surface area contributed by atoms with E-state index in [-0.39, 0.29) is 6.10 Å². The lowest BCUT2D eigenvalue weighted by molar-refractivity contribution is -0.131. The summed E-state index contributed by atoms with van der Waals surface area (Å²) in [6.07, 6.45) is 3.15. The summed E-state index contributed by atoms with van der Waals surface area (Å²) in [5, 5.41) is 10.9. The van der Waals surface area contributed by atoms with Crippen molar-refractivity contribution in [2.24, 2.45) is 0 Å². The first-order chi connectivity index (χ1) is 8.49. The molecule has 1 heterocycles. The fraction of sp³-hybridized carbons (Fsp3) is 0.250. The van der Waals surface area contributed by atoms with Crippen molar-refractivity contribution in [2.75, 3.05) is 5.32 Å². The average Bonchev–Trinajstić information content (AvgIpc) is 2.28. The normalized spacial score (nSPS) is 10.6. The molecule has 2 N–H and O–H groups in total. The molecule has 96 valence electrons. The minimum atomic E-state index is -1.19. The Morgan fingerprint density at radius 3 is 2.78 bits per heavy atom. The highest BCUT2D eigenvalue weighted by atomic mass is 16.5. The number of rotatable bonds is 5. The first-order valence-electron chi connectivity index (χ1n) is 5.32. The van der Waals surface area contributed by atoms with E-state index in [1.807, 2.05) is 13.8 Å². The average molecular weight is 250 g/mol. The molecule has 1 aromatic rings. The Balaban J connectivity index is 2.77. The molecule has 1 aromatic heterocycles. The van der Waals surface area contributed by atoms with Gasteiger partial charge in [-0.15, -0.1) is 0 Å². The third kappa shape index (κ3) is 4.65. The lowest BCUT2D eigenvalue weighted by Gasteiger charge is -2.12. The van der Waals surface area contributed by atoms with Crippen molar-refractivity contribution < 1.29 is 19.4 Å². The predicted molar refractivity (Wildman–Crippen MR) is 65.4 cm³/mol. The molecular weight excluding hydrogens is 236 g/mol. The number of amides is 1. The summed E-state index contributed by atoms with van der Waals surface area (Å²) < 4.78 is 5.41. The highest BCUT2D eigenvalue weighted by Crippen LogP contribution is 2.21. The maximum atomic E-state index is 11.4. The fourth-order valence-electron chi connectivity index (χ4n) is 1.12. The van der Waals surface area contributed by atoms with Crippen LogP contribution in [0.25, 0.3) is 0 Å². The van der Waals surface area contributed by atoms with Gasteiger partial charge in [-0.3, -0.25) is 4.79 Å². The molecule has 0 spiro atoms. The van der Waals surface area contributed by atoms with Crippen LogP contribution in [-0.4, -0.2) is 28.1 Å². The van der Waals surface area contributed by atoms with Gasteiger partial charge in [-0.25, -0.2) is 9.78 Å². The van der Waals surface area contributed by atoms with E-state index in [1.165, 1.54) is 0 Å². The van der Waals surface area contributed by atoms with Gasteiger partial charge in [0.05, 0.1) is 6.10 Å². The summed E-state index contributed by atoms with van der Waals surface area (Å²) in [4.78, 5) is 25.7. The molecule has 0 aromatic carbocycles. The van der Waals surface area contributed by atoms with Crippen molar-refractivity contribution in [3.8, 4) is 5.88 Å². The van der Waals surface area contributed by atoms with Gasteiger partial charge < -0.3 is 15.2 Å². The van der Waals surface area contributed by atoms with Crippen LogP contribution in [0, 0.1) is 0 Å². The van der Waals surface area contributed by atoms with Crippen molar-refractivity contribution in [2.45, 2.75) is 20.0 Å². The third-order valence-corrected chi connectivity index (χ3v) is 1.75.